The summed E-state index contributed by atoms with van der Waals surface area (Å²) in [6.07, 6.45) is 0. The lowest BCUT2D eigenvalue weighted by Gasteiger charge is -2.16. The largest absolute Gasteiger partial charge is 0.495 e. The molecule has 0 unspecified atom stereocenters. The maximum atomic E-state index is 13.4. The summed E-state index contributed by atoms with van der Waals surface area (Å²) in [4.78, 5) is 39.7. The number of methoxy groups -OCH3 is 1. The van der Waals surface area contributed by atoms with Gasteiger partial charge >= 0.3 is 0 Å². The number of anilines is 3. The molecule has 0 saturated heterocycles. The van der Waals surface area contributed by atoms with Gasteiger partial charge in [-0.1, -0.05) is 17.7 Å². The SMILES string of the molecule is COc1ccc(NC2=C(c3cccs3)C(=O)N(c3ccc(NC(C)=O)cc3)C2=O)cc1Cl. The fourth-order valence-corrected chi connectivity index (χ4v) is 4.34. The Morgan fingerprint density at radius 2 is 1.75 bits per heavy atom. The summed E-state index contributed by atoms with van der Waals surface area (Å²) in [5.41, 5.74) is 1.95. The van der Waals surface area contributed by atoms with Crippen LogP contribution in [-0.2, 0) is 14.4 Å². The van der Waals surface area contributed by atoms with Crippen LogP contribution in [0.1, 0.15) is 11.8 Å². The second kappa shape index (κ2) is 8.86. The van der Waals surface area contributed by atoms with Gasteiger partial charge in [-0.25, -0.2) is 4.90 Å². The van der Waals surface area contributed by atoms with Gasteiger partial charge in [-0.15, -0.1) is 11.3 Å². The monoisotopic (exact) mass is 467 g/mol. The molecule has 9 heteroatoms. The number of nitrogens with zero attached hydrogens (tertiary/aromatic N) is 1. The predicted molar refractivity (Wildman–Crippen MR) is 126 cm³/mol. The van der Waals surface area contributed by atoms with E-state index in [0.717, 1.165) is 4.90 Å². The zero-order valence-electron chi connectivity index (χ0n) is 17.1. The van der Waals surface area contributed by atoms with E-state index in [2.05, 4.69) is 10.6 Å². The lowest BCUT2D eigenvalue weighted by Crippen LogP contribution is -2.32. The Kier molecular flexibility index (Phi) is 5.98. The lowest BCUT2D eigenvalue weighted by molar-refractivity contribution is -0.120. The van der Waals surface area contributed by atoms with Crippen molar-refractivity contribution in [3.63, 3.8) is 0 Å². The number of amides is 3. The first-order valence-corrected chi connectivity index (χ1v) is 10.8. The van der Waals surface area contributed by atoms with E-state index in [0.29, 0.717) is 32.7 Å². The van der Waals surface area contributed by atoms with E-state index in [1.54, 1.807) is 48.5 Å². The Bertz CT molecular complexity index is 1240. The van der Waals surface area contributed by atoms with Crippen molar-refractivity contribution >= 4 is 63.3 Å². The molecule has 3 aromatic rings. The fraction of sp³-hybridized carbons (Fsp3) is 0.0870. The third-order valence-corrected chi connectivity index (χ3v) is 5.90. The lowest BCUT2D eigenvalue weighted by atomic mass is 10.2. The summed E-state index contributed by atoms with van der Waals surface area (Å²) < 4.78 is 5.17. The minimum absolute atomic E-state index is 0.157. The summed E-state index contributed by atoms with van der Waals surface area (Å²) in [6, 6.07) is 15.1. The molecule has 0 fully saturated rings. The molecule has 0 aliphatic carbocycles. The number of nitrogens with one attached hydrogen (secondary N) is 2. The number of imide groups is 1. The third kappa shape index (κ3) is 4.10. The molecular formula is C23H18ClN3O4S. The van der Waals surface area contributed by atoms with Gasteiger partial charge in [0.2, 0.25) is 5.91 Å². The molecule has 0 bridgehead atoms. The summed E-state index contributed by atoms with van der Waals surface area (Å²) in [5, 5.41) is 7.94. The Labute approximate surface area is 193 Å². The van der Waals surface area contributed by atoms with Crippen LogP contribution in [0.4, 0.5) is 17.1 Å². The molecule has 4 rings (SSSR count). The molecule has 2 heterocycles. The molecule has 1 aliphatic heterocycles. The van der Waals surface area contributed by atoms with Gasteiger partial charge in [0.05, 0.1) is 23.4 Å². The first kappa shape index (κ1) is 21.6. The normalized spacial score (nSPS) is 13.5. The number of rotatable bonds is 6. The fourth-order valence-electron chi connectivity index (χ4n) is 3.32. The summed E-state index contributed by atoms with van der Waals surface area (Å²) in [5.74, 6) is -0.638. The highest BCUT2D eigenvalue weighted by Gasteiger charge is 2.40. The third-order valence-electron chi connectivity index (χ3n) is 4.72. The van der Waals surface area contributed by atoms with Crippen LogP contribution in [0.15, 0.2) is 65.7 Å². The Morgan fingerprint density at radius 3 is 2.34 bits per heavy atom. The molecule has 32 heavy (non-hydrogen) atoms. The van der Waals surface area contributed by atoms with E-state index in [9.17, 15) is 14.4 Å². The van der Waals surface area contributed by atoms with Crippen molar-refractivity contribution in [2.45, 2.75) is 6.92 Å². The highest BCUT2D eigenvalue weighted by molar-refractivity contribution is 7.11. The Balaban J connectivity index is 1.71. The van der Waals surface area contributed by atoms with Crippen LogP contribution in [0.2, 0.25) is 5.02 Å². The van der Waals surface area contributed by atoms with Crippen molar-refractivity contribution < 1.29 is 19.1 Å². The average molecular weight is 468 g/mol. The quantitative estimate of drug-likeness (QED) is 0.510. The van der Waals surface area contributed by atoms with E-state index in [4.69, 9.17) is 16.3 Å². The zero-order valence-corrected chi connectivity index (χ0v) is 18.7. The second-order valence-corrected chi connectivity index (χ2v) is 8.23. The minimum Gasteiger partial charge on any atom is -0.495 e. The predicted octanol–water partition coefficient (Wildman–Crippen LogP) is 4.77. The molecule has 1 aromatic heterocycles. The van der Waals surface area contributed by atoms with E-state index >= 15 is 0 Å². The van der Waals surface area contributed by atoms with E-state index in [-0.39, 0.29) is 17.2 Å². The Hall–Kier alpha value is -3.62. The number of ether oxygens (including phenoxy) is 1. The van der Waals surface area contributed by atoms with Crippen molar-refractivity contribution in [1.82, 2.24) is 0 Å². The van der Waals surface area contributed by atoms with Crippen LogP contribution >= 0.6 is 22.9 Å². The van der Waals surface area contributed by atoms with Gasteiger partial charge in [-0.3, -0.25) is 14.4 Å². The van der Waals surface area contributed by atoms with Gasteiger partial charge in [-0.05, 0) is 53.9 Å². The molecule has 2 aromatic carbocycles. The zero-order chi connectivity index (χ0) is 22.8. The van der Waals surface area contributed by atoms with Crippen molar-refractivity contribution in [3.8, 4) is 5.75 Å². The van der Waals surface area contributed by atoms with Crippen LogP contribution in [0, 0.1) is 0 Å². The molecular weight excluding hydrogens is 450 g/mol. The highest BCUT2D eigenvalue weighted by atomic mass is 35.5. The van der Waals surface area contributed by atoms with E-state index in [1.165, 1.54) is 25.4 Å². The minimum atomic E-state index is -0.488. The smallest absolute Gasteiger partial charge is 0.282 e. The van der Waals surface area contributed by atoms with Gasteiger partial charge in [0.1, 0.15) is 11.4 Å². The van der Waals surface area contributed by atoms with Gasteiger partial charge in [-0.2, -0.15) is 0 Å². The second-order valence-electron chi connectivity index (χ2n) is 6.88. The number of hydrogen-bond acceptors (Lipinski definition) is 6. The number of thiophene rings is 1. The van der Waals surface area contributed by atoms with E-state index in [1.807, 2.05) is 11.4 Å². The molecule has 1 aliphatic rings. The topological polar surface area (TPSA) is 87.7 Å². The van der Waals surface area contributed by atoms with Crippen molar-refractivity contribution in [1.29, 1.82) is 0 Å². The van der Waals surface area contributed by atoms with Crippen LogP contribution < -0.4 is 20.3 Å². The molecule has 3 amide bonds. The summed E-state index contributed by atoms with van der Waals surface area (Å²) in [7, 11) is 1.51. The van der Waals surface area contributed by atoms with E-state index < -0.39 is 11.8 Å². The van der Waals surface area contributed by atoms with Gasteiger partial charge in [0.25, 0.3) is 11.8 Å². The first-order chi connectivity index (χ1) is 15.4. The number of benzene rings is 2. The standard InChI is InChI=1S/C23H18ClN3O4S/c1-13(28)25-14-5-8-16(9-6-14)27-22(29)20(19-4-3-11-32-19)21(23(27)30)26-15-7-10-18(31-2)17(24)12-15/h3-12,26H,1-2H3,(H,25,28). The first-order valence-electron chi connectivity index (χ1n) is 9.54. The molecule has 0 saturated carbocycles. The molecule has 0 radical (unpaired) electrons. The Morgan fingerprint density at radius 1 is 1.03 bits per heavy atom. The van der Waals surface area contributed by atoms with Crippen LogP contribution in [-0.4, -0.2) is 24.8 Å². The number of hydrogen-bond donors (Lipinski definition) is 2. The average Bonchev–Trinajstić information content (AvgIpc) is 3.36. The van der Waals surface area contributed by atoms with Gasteiger partial charge in [0, 0.05) is 23.2 Å². The molecule has 2 N–H and O–H groups in total. The number of carbonyl (C=O) groups excluding carboxylic acids is 3. The number of carbonyl (C=O) groups is 3. The van der Waals surface area contributed by atoms with Crippen molar-refractivity contribution in [2.24, 2.45) is 0 Å². The maximum absolute atomic E-state index is 13.4. The highest BCUT2D eigenvalue weighted by Crippen LogP contribution is 2.36. The summed E-state index contributed by atoms with van der Waals surface area (Å²) in [6.45, 7) is 1.40. The van der Waals surface area contributed by atoms with Crippen molar-refractivity contribution in [3.05, 3.63) is 75.6 Å². The van der Waals surface area contributed by atoms with Crippen molar-refractivity contribution in [2.75, 3.05) is 22.6 Å². The van der Waals surface area contributed by atoms with Crippen LogP contribution in [0.25, 0.3) is 5.57 Å². The molecule has 0 atom stereocenters. The van der Waals surface area contributed by atoms with Gasteiger partial charge < -0.3 is 15.4 Å². The maximum Gasteiger partial charge on any atom is 0.282 e. The molecule has 0 spiro atoms. The van der Waals surface area contributed by atoms with Crippen LogP contribution in [0.3, 0.4) is 0 Å². The van der Waals surface area contributed by atoms with Gasteiger partial charge in [0.15, 0.2) is 0 Å². The molecule has 7 nitrogen and oxygen atoms in total. The molecule has 162 valence electrons. The number of halogens is 1. The van der Waals surface area contributed by atoms with Crippen LogP contribution in [0.5, 0.6) is 5.75 Å². The summed E-state index contributed by atoms with van der Waals surface area (Å²) >= 11 is 7.58.